The van der Waals surface area contributed by atoms with Crippen molar-refractivity contribution in [3.8, 4) is 0 Å². The summed E-state index contributed by atoms with van der Waals surface area (Å²) in [5.74, 6) is -1.46. The monoisotopic (exact) mass is 403 g/mol. The van der Waals surface area contributed by atoms with Gasteiger partial charge in [-0.3, -0.25) is 14.5 Å². The maximum atomic E-state index is 12.1. The Morgan fingerprint density at radius 2 is 1.96 bits per heavy atom. The van der Waals surface area contributed by atoms with E-state index < -0.39 is 17.9 Å². The summed E-state index contributed by atoms with van der Waals surface area (Å²) in [6.07, 6.45) is 0.630. The highest BCUT2D eigenvalue weighted by molar-refractivity contribution is 6.42. The second kappa shape index (κ2) is 10.7. The second-order valence-corrected chi connectivity index (χ2v) is 6.85. The van der Waals surface area contributed by atoms with Gasteiger partial charge in [0.25, 0.3) is 0 Å². The van der Waals surface area contributed by atoms with Crippen LogP contribution in [0.5, 0.6) is 0 Å². The minimum Gasteiger partial charge on any atom is -0.480 e. The summed E-state index contributed by atoms with van der Waals surface area (Å²) in [6.45, 7) is 4.66. The lowest BCUT2D eigenvalue weighted by molar-refractivity contribution is -0.141. The fraction of sp³-hybridized carbons (Fsp3) is 0.529. The largest absolute Gasteiger partial charge is 0.480 e. The minimum absolute atomic E-state index is 0.173. The number of carbonyl (C=O) groups excluding carboxylic acids is 1. The molecule has 1 saturated heterocycles. The van der Waals surface area contributed by atoms with Crippen LogP contribution < -0.4 is 10.6 Å². The summed E-state index contributed by atoms with van der Waals surface area (Å²) in [5, 5.41) is 15.6. The number of nitrogens with zero attached hydrogens (tertiary/aromatic N) is 1. The smallest absolute Gasteiger partial charge is 0.321 e. The summed E-state index contributed by atoms with van der Waals surface area (Å²) in [5.41, 5.74) is 0.473. The van der Waals surface area contributed by atoms with E-state index in [0.717, 1.165) is 39.3 Å². The molecule has 9 heteroatoms. The van der Waals surface area contributed by atoms with E-state index in [4.69, 9.17) is 27.9 Å². The number of aliphatic carboxylic acids is 1. The molecule has 1 aliphatic heterocycles. The fourth-order valence-electron chi connectivity index (χ4n) is 2.62. The minimum atomic E-state index is -1.05. The van der Waals surface area contributed by atoms with E-state index >= 15 is 0 Å². The predicted molar refractivity (Wildman–Crippen MR) is 101 cm³/mol. The topological polar surface area (TPSA) is 90.9 Å². The Hall–Kier alpha value is -1.38. The molecule has 0 saturated carbocycles. The quantitative estimate of drug-likeness (QED) is 0.546. The Kier molecular flexibility index (Phi) is 8.61. The number of hydrogen-bond acceptors (Lipinski definition) is 5. The number of carboxylic acids is 1. The van der Waals surface area contributed by atoms with Gasteiger partial charge in [0, 0.05) is 18.8 Å². The van der Waals surface area contributed by atoms with E-state index in [-0.39, 0.29) is 6.42 Å². The SMILES string of the molecule is O=C(CC(NCCCN1CCOCC1)C(=O)O)Nc1ccc(Cl)c(Cl)c1. The van der Waals surface area contributed by atoms with E-state index in [9.17, 15) is 14.7 Å². The third kappa shape index (κ3) is 7.09. The third-order valence-corrected chi connectivity index (χ3v) is 4.78. The van der Waals surface area contributed by atoms with Gasteiger partial charge in [0.1, 0.15) is 6.04 Å². The van der Waals surface area contributed by atoms with Crippen LogP contribution >= 0.6 is 23.2 Å². The van der Waals surface area contributed by atoms with Gasteiger partial charge in [0.05, 0.1) is 29.7 Å². The molecule has 26 heavy (non-hydrogen) atoms. The van der Waals surface area contributed by atoms with Crippen LogP contribution in [0.4, 0.5) is 5.69 Å². The summed E-state index contributed by atoms with van der Waals surface area (Å²) in [4.78, 5) is 25.7. The molecule has 0 bridgehead atoms. The Morgan fingerprint density at radius 3 is 2.62 bits per heavy atom. The van der Waals surface area contributed by atoms with Gasteiger partial charge in [-0.15, -0.1) is 0 Å². The highest BCUT2D eigenvalue weighted by atomic mass is 35.5. The average Bonchev–Trinajstić information content (AvgIpc) is 2.61. The van der Waals surface area contributed by atoms with Crippen LogP contribution in [0.15, 0.2) is 18.2 Å². The number of benzene rings is 1. The molecule has 1 amide bonds. The first-order chi connectivity index (χ1) is 12.5. The van der Waals surface area contributed by atoms with Crippen LogP contribution in [0.3, 0.4) is 0 Å². The van der Waals surface area contributed by atoms with E-state index in [1.54, 1.807) is 12.1 Å². The van der Waals surface area contributed by atoms with Crippen LogP contribution in [-0.4, -0.2) is 67.3 Å². The van der Waals surface area contributed by atoms with Crippen LogP contribution in [0.25, 0.3) is 0 Å². The number of ether oxygens (including phenoxy) is 1. The maximum Gasteiger partial charge on any atom is 0.321 e. The molecule has 1 aliphatic rings. The Balaban J connectivity index is 1.74. The molecule has 1 aromatic carbocycles. The van der Waals surface area contributed by atoms with E-state index in [2.05, 4.69) is 15.5 Å². The molecule has 2 rings (SSSR count). The van der Waals surface area contributed by atoms with Gasteiger partial charge in [0.2, 0.25) is 5.91 Å². The molecule has 144 valence electrons. The highest BCUT2D eigenvalue weighted by Gasteiger charge is 2.21. The molecule has 1 fully saturated rings. The van der Waals surface area contributed by atoms with Crippen molar-refractivity contribution in [1.29, 1.82) is 0 Å². The molecule has 0 aliphatic carbocycles. The van der Waals surface area contributed by atoms with Gasteiger partial charge in [-0.25, -0.2) is 0 Å². The van der Waals surface area contributed by atoms with Crippen LogP contribution in [-0.2, 0) is 14.3 Å². The number of morpholine rings is 1. The maximum absolute atomic E-state index is 12.1. The first-order valence-electron chi connectivity index (χ1n) is 8.47. The first kappa shape index (κ1) is 20.9. The number of carbonyl (C=O) groups is 2. The summed E-state index contributed by atoms with van der Waals surface area (Å²) in [6, 6.07) is 3.76. The first-order valence-corrected chi connectivity index (χ1v) is 9.22. The van der Waals surface area contributed by atoms with Crippen LogP contribution in [0, 0.1) is 0 Å². The van der Waals surface area contributed by atoms with Gasteiger partial charge >= 0.3 is 5.97 Å². The molecule has 0 spiro atoms. The zero-order valence-electron chi connectivity index (χ0n) is 14.3. The van der Waals surface area contributed by atoms with E-state index in [1.807, 2.05) is 0 Å². The molecule has 1 aromatic rings. The number of carboxylic acid groups (broad SMARTS) is 1. The van der Waals surface area contributed by atoms with Crippen molar-refractivity contribution >= 4 is 40.8 Å². The molecule has 0 radical (unpaired) electrons. The molecular weight excluding hydrogens is 381 g/mol. The number of amides is 1. The number of nitrogens with one attached hydrogen (secondary N) is 2. The molecule has 3 N–H and O–H groups in total. The lowest BCUT2D eigenvalue weighted by atomic mass is 10.2. The lowest BCUT2D eigenvalue weighted by Gasteiger charge is -2.26. The lowest BCUT2D eigenvalue weighted by Crippen LogP contribution is -2.42. The van der Waals surface area contributed by atoms with Gasteiger partial charge in [-0.1, -0.05) is 23.2 Å². The molecule has 1 unspecified atom stereocenters. The molecule has 0 aromatic heterocycles. The molecule has 1 atom stereocenters. The van der Waals surface area contributed by atoms with Crippen LogP contribution in [0.2, 0.25) is 10.0 Å². The average molecular weight is 404 g/mol. The number of hydrogen-bond donors (Lipinski definition) is 3. The molecule has 1 heterocycles. The Labute approximate surface area is 162 Å². The molecule has 7 nitrogen and oxygen atoms in total. The van der Waals surface area contributed by atoms with Crippen molar-refractivity contribution in [1.82, 2.24) is 10.2 Å². The van der Waals surface area contributed by atoms with Crippen LogP contribution in [0.1, 0.15) is 12.8 Å². The van der Waals surface area contributed by atoms with Crippen molar-refractivity contribution in [2.24, 2.45) is 0 Å². The van der Waals surface area contributed by atoms with Crippen molar-refractivity contribution in [3.05, 3.63) is 28.2 Å². The summed E-state index contributed by atoms with van der Waals surface area (Å²) in [7, 11) is 0. The van der Waals surface area contributed by atoms with Crippen molar-refractivity contribution in [2.75, 3.05) is 44.7 Å². The summed E-state index contributed by atoms with van der Waals surface area (Å²) < 4.78 is 5.29. The number of rotatable bonds is 9. The predicted octanol–water partition coefficient (Wildman–Crippen LogP) is 2.09. The van der Waals surface area contributed by atoms with E-state index in [1.165, 1.54) is 6.07 Å². The standard InChI is InChI=1S/C17H23Cl2N3O4/c18-13-3-2-12(10-14(13)19)21-16(23)11-15(17(24)25)20-4-1-5-22-6-8-26-9-7-22/h2-3,10,15,20H,1,4-9,11H2,(H,21,23)(H,24,25). The second-order valence-electron chi connectivity index (χ2n) is 6.03. The number of anilines is 1. The fourth-order valence-corrected chi connectivity index (χ4v) is 2.92. The zero-order valence-corrected chi connectivity index (χ0v) is 15.9. The van der Waals surface area contributed by atoms with Gasteiger partial charge in [0.15, 0.2) is 0 Å². The number of halogens is 2. The third-order valence-electron chi connectivity index (χ3n) is 4.04. The summed E-state index contributed by atoms with van der Waals surface area (Å²) >= 11 is 11.7. The van der Waals surface area contributed by atoms with Crippen molar-refractivity contribution < 1.29 is 19.4 Å². The molecular formula is C17H23Cl2N3O4. The van der Waals surface area contributed by atoms with Gasteiger partial charge < -0.3 is 20.5 Å². The Bertz CT molecular complexity index is 624. The normalized spacial score (nSPS) is 16.2. The van der Waals surface area contributed by atoms with Gasteiger partial charge in [-0.2, -0.15) is 0 Å². The van der Waals surface area contributed by atoms with Crippen molar-refractivity contribution in [3.63, 3.8) is 0 Å². The highest BCUT2D eigenvalue weighted by Crippen LogP contribution is 2.25. The Morgan fingerprint density at radius 1 is 1.23 bits per heavy atom. The van der Waals surface area contributed by atoms with E-state index in [0.29, 0.717) is 22.3 Å². The van der Waals surface area contributed by atoms with Crippen molar-refractivity contribution in [2.45, 2.75) is 18.9 Å². The zero-order chi connectivity index (χ0) is 18.9. The van der Waals surface area contributed by atoms with Gasteiger partial charge in [-0.05, 0) is 37.7 Å².